The summed E-state index contributed by atoms with van der Waals surface area (Å²) in [4.78, 5) is 28.9. The molecule has 32 heavy (non-hydrogen) atoms. The maximum Gasteiger partial charge on any atom is 0.418 e. The molecule has 0 radical (unpaired) electrons. The molecular formula is C24H18F4N2O2. The van der Waals surface area contributed by atoms with Crippen molar-refractivity contribution in [3.63, 3.8) is 0 Å². The molecule has 1 N–H and O–H groups in total. The molecular weight excluding hydrogens is 424 g/mol. The maximum atomic E-state index is 13.7. The second kappa shape index (κ2) is 8.53. The van der Waals surface area contributed by atoms with Gasteiger partial charge in [-0.25, -0.2) is 4.39 Å². The second-order valence-corrected chi connectivity index (χ2v) is 7.51. The highest BCUT2D eigenvalue weighted by molar-refractivity contribution is 6.03. The number of nitrogens with zero attached hydrogens (tertiary/aromatic N) is 1. The van der Waals surface area contributed by atoms with Crippen LogP contribution in [-0.2, 0) is 19.3 Å². The lowest BCUT2D eigenvalue weighted by Crippen LogP contribution is -2.31. The molecule has 1 heterocycles. The Bertz CT molecular complexity index is 1170. The lowest BCUT2D eigenvalue weighted by molar-refractivity contribution is -0.138. The number of rotatable bonds is 5. The van der Waals surface area contributed by atoms with E-state index in [0.717, 1.165) is 11.6 Å². The number of Topliss-reactive ketones (excluding diaryl/α,β-unsaturated/α-hetero) is 1. The van der Waals surface area contributed by atoms with Crippen molar-refractivity contribution < 1.29 is 27.2 Å². The summed E-state index contributed by atoms with van der Waals surface area (Å²) >= 11 is 0. The summed E-state index contributed by atoms with van der Waals surface area (Å²) in [6, 6.07) is 11.3. The minimum absolute atomic E-state index is 0.0721. The molecule has 164 valence electrons. The zero-order valence-electron chi connectivity index (χ0n) is 16.7. The standard InChI is InChI=1S/C24H18F4N2O2/c25-13-14-3-5-16(6-4-14)21(22-19(24(26,27)28)2-1-11-29-22)30-23(32)17-8-7-15-9-10-20(31)18(15)12-17/h1-8,11-12,21H,9-10,13H2,(H,30,32)/t21-/m0/s1. The average Bonchev–Trinajstić information content (AvgIpc) is 3.17. The van der Waals surface area contributed by atoms with E-state index in [-0.39, 0.29) is 17.0 Å². The van der Waals surface area contributed by atoms with Gasteiger partial charge in [-0.05, 0) is 47.4 Å². The average molecular weight is 442 g/mol. The molecule has 0 fully saturated rings. The number of carbonyl (C=O) groups excluding carboxylic acids is 2. The molecule has 3 aromatic rings. The Hall–Kier alpha value is -3.55. The number of aromatic nitrogens is 1. The molecule has 4 rings (SSSR count). The van der Waals surface area contributed by atoms with Crippen molar-refractivity contribution in [1.29, 1.82) is 0 Å². The van der Waals surface area contributed by atoms with Gasteiger partial charge in [-0.1, -0.05) is 30.3 Å². The van der Waals surface area contributed by atoms with Gasteiger partial charge in [0.05, 0.1) is 17.3 Å². The first-order valence-electron chi connectivity index (χ1n) is 9.92. The van der Waals surface area contributed by atoms with Gasteiger partial charge in [0.25, 0.3) is 5.91 Å². The van der Waals surface area contributed by atoms with Crippen molar-refractivity contribution >= 4 is 11.7 Å². The predicted molar refractivity (Wildman–Crippen MR) is 109 cm³/mol. The summed E-state index contributed by atoms with van der Waals surface area (Å²) in [5.74, 6) is -0.719. The molecule has 1 atom stereocenters. The van der Waals surface area contributed by atoms with E-state index in [0.29, 0.717) is 29.5 Å². The number of amides is 1. The molecule has 0 saturated carbocycles. The first-order valence-corrected chi connectivity index (χ1v) is 9.92. The van der Waals surface area contributed by atoms with Crippen LogP contribution in [0.15, 0.2) is 60.8 Å². The van der Waals surface area contributed by atoms with Crippen molar-refractivity contribution in [3.05, 3.63) is 99.9 Å². The fraction of sp³-hybridized carbons (Fsp3) is 0.208. The summed E-state index contributed by atoms with van der Waals surface area (Å²) in [5, 5.41) is 2.62. The van der Waals surface area contributed by atoms with Crippen LogP contribution in [-0.4, -0.2) is 16.7 Å². The monoisotopic (exact) mass is 442 g/mol. The number of fused-ring (bicyclic) bond motifs is 1. The van der Waals surface area contributed by atoms with Gasteiger partial charge in [0, 0.05) is 23.7 Å². The Morgan fingerprint density at radius 3 is 2.50 bits per heavy atom. The van der Waals surface area contributed by atoms with E-state index >= 15 is 0 Å². The van der Waals surface area contributed by atoms with Crippen LogP contribution in [0.1, 0.15) is 61.1 Å². The van der Waals surface area contributed by atoms with Crippen molar-refractivity contribution in [2.45, 2.75) is 31.7 Å². The fourth-order valence-electron chi connectivity index (χ4n) is 3.79. The Balaban J connectivity index is 1.74. The maximum absolute atomic E-state index is 13.7. The van der Waals surface area contributed by atoms with Gasteiger partial charge in [0.1, 0.15) is 6.67 Å². The van der Waals surface area contributed by atoms with E-state index in [1.165, 1.54) is 42.6 Å². The van der Waals surface area contributed by atoms with Gasteiger partial charge in [-0.3, -0.25) is 14.6 Å². The number of benzene rings is 2. The van der Waals surface area contributed by atoms with E-state index in [2.05, 4.69) is 10.3 Å². The number of carbonyl (C=O) groups is 2. The third-order valence-corrected chi connectivity index (χ3v) is 5.45. The first-order chi connectivity index (χ1) is 15.3. The van der Waals surface area contributed by atoms with Crippen molar-refractivity contribution in [1.82, 2.24) is 10.3 Å². The number of aryl methyl sites for hydroxylation is 1. The van der Waals surface area contributed by atoms with Crippen molar-refractivity contribution in [2.75, 3.05) is 0 Å². The highest BCUT2D eigenvalue weighted by atomic mass is 19.4. The van der Waals surface area contributed by atoms with Crippen LogP contribution < -0.4 is 5.32 Å². The largest absolute Gasteiger partial charge is 0.418 e. The Morgan fingerprint density at radius 2 is 1.81 bits per heavy atom. The van der Waals surface area contributed by atoms with Crippen LogP contribution in [0.2, 0.25) is 0 Å². The smallest absolute Gasteiger partial charge is 0.340 e. The molecule has 1 aliphatic rings. The molecule has 0 unspecified atom stereocenters. The Morgan fingerprint density at radius 1 is 1.06 bits per heavy atom. The fourth-order valence-corrected chi connectivity index (χ4v) is 3.79. The molecule has 8 heteroatoms. The summed E-state index contributed by atoms with van der Waals surface area (Å²) in [6.45, 7) is -0.724. The van der Waals surface area contributed by atoms with Crippen molar-refractivity contribution in [3.8, 4) is 0 Å². The van der Waals surface area contributed by atoms with Crippen LogP contribution >= 0.6 is 0 Å². The SMILES string of the molecule is O=C(N[C@@H](c1ccc(CF)cc1)c1ncccc1C(F)(F)F)c1ccc2c(c1)C(=O)CC2. The minimum atomic E-state index is -4.69. The number of nitrogens with one attached hydrogen (secondary N) is 1. The molecule has 0 spiro atoms. The molecule has 0 saturated heterocycles. The molecule has 1 aromatic heterocycles. The number of ketones is 1. The first kappa shape index (κ1) is 21.7. The lowest BCUT2D eigenvalue weighted by Gasteiger charge is -2.22. The van der Waals surface area contributed by atoms with Gasteiger partial charge in [-0.15, -0.1) is 0 Å². The van der Waals surface area contributed by atoms with E-state index in [1.807, 2.05) is 0 Å². The van der Waals surface area contributed by atoms with Gasteiger partial charge >= 0.3 is 6.18 Å². The van der Waals surface area contributed by atoms with E-state index in [9.17, 15) is 27.2 Å². The Labute approximate surface area is 181 Å². The summed E-state index contributed by atoms with van der Waals surface area (Å²) in [7, 11) is 0. The topological polar surface area (TPSA) is 59.1 Å². The van der Waals surface area contributed by atoms with E-state index < -0.39 is 30.4 Å². The number of alkyl halides is 4. The zero-order chi connectivity index (χ0) is 22.9. The highest BCUT2D eigenvalue weighted by Crippen LogP contribution is 2.35. The van der Waals surface area contributed by atoms with E-state index in [1.54, 1.807) is 12.1 Å². The number of halogens is 4. The lowest BCUT2D eigenvalue weighted by atomic mass is 9.97. The zero-order valence-corrected chi connectivity index (χ0v) is 16.7. The van der Waals surface area contributed by atoms with Crippen LogP contribution in [0.25, 0.3) is 0 Å². The molecule has 1 amide bonds. The molecule has 1 aliphatic carbocycles. The number of pyridine rings is 1. The van der Waals surface area contributed by atoms with Gasteiger partial charge in [0.15, 0.2) is 5.78 Å². The Kier molecular flexibility index (Phi) is 5.78. The normalized spacial score (nSPS) is 14.2. The quantitative estimate of drug-likeness (QED) is 0.552. The summed E-state index contributed by atoms with van der Waals surface area (Å²) < 4.78 is 53.9. The van der Waals surface area contributed by atoms with Crippen LogP contribution in [0.4, 0.5) is 17.6 Å². The van der Waals surface area contributed by atoms with Gasteiger partial charge in [-0.2, -0.15) is 13.2 Å². The molecule has 0 aliphatic heterocycles. The summed E-state index contributed by atoms with van der Waals surface area (Å²) in [6.07, 6.45) is -2.51. The third-order valence-electron chi connectivity index (χ3n) is 5.45. The van der Waals surface area contributed by atoms with Crippen LogP contribution in [0.3, 0.4) is 0 Å². The molecule has 2 aromatic carbocycles. The van der Waals surface area contributed by atoms with Crippen LogP contribution in [0, 0.1) is 0 Å². The molecule has 4 nitrogen and oxygen atoms in total. The summed E-state index contributed by atoms with van der Waals surface area (Å²) in [5.41, 5.74) is 0.769. The number of hydrogen-bond acceptors (Lipinski definition) is 3. The number of hydrogen-bond donors (Lipinski definition) is 1. The molecule has 0 bridgehead atoms. The highest BCUT2D eigenvalue weighted by Gasteiger charge is 2.37. The third kappa shape index (κ3) is 4.26. The predicted octanol–water partition coefficient (Wildman–Crippen LogP) is 5.22. The van der Waals surface area contributed by atoms with Crippen molar-refractivity contribution in [2.24, 2.45) is 0 Å². The van der Waals surface area contributed by atoms with Gasteiger partial charge < -0.3 is 5.32 Å². The van der Waals surface area contributed by atoms with Gasteiger partial charge in [0.2, 0.25) is 0 Å². The second-order valence-electron chi connectivity index (χ2n) is 7.51. The minimum Gasteiger partial charge on any atom is -0.340 e. The van der Waals surface area contributed by atoms with Crippen LogP contribution in [0.5, 0.6) is 0 Å². The van der Waals surface area contributed by atoms with E-state index in [4.69, 9.17) is 0 Å².